The maximum absolute atomic E-state index is 13.5. The zero-order valence-electron chi connectivity index (χ0n) is 32.5. The molecule has 4 aliphatic rings. The molecule has 3 fully saturated rings. The molecule has 6 heterocycles. The van der Waals surface area contributed by atoms with Gasteiger partial charge in [0.15, 0.2) is 0 Å². The lowest BCUT2D eigenvalue weighted by atomic mass is 9.97. The van der Waals surface area contributed by atoms with Gasteiger partial charge in [-0.2, -0.15) is 4.98 Å². The Morgan fingerprint density at radius 1 is 0.965 bits per heavy atom. The summed E-state index contributed by atoms with van der Waals surface area (Å²) in [6, 6.07) is 10.2. The maximum Gasteiger partial charge on any atom is 0.270 e. The topological polar surface area (TPSA) is 166 Å². The number of pyridine rings is 1. The Balaban J connectivity index is 0.818. The summed E-state index contributed by atoms with van der Waals surface area (Å²) in [4.78, 5) is 86.8. The molecule has 2 N–H and O–H groups in total. The van der Waals surface area contributed by atoms with E-state index in [1.54, 1.807) is 43.4 Å². The summed E-state index contributed by atoms with van der Waals surface area (Å²) in [6.07, 6.45) is 9.85. The Labute approximate surface area is 331 Å². The first kappa shape index (κ1) is 37.9. The summed E-state index contributed by atoms with van der Waals surface area (Å²) >= 11 is 0. The molecule has 4 aromatic rings. The zero-order valence-corrected chi connectivity index (χ0v) is 32.5. The Morgan fingerprint density at radius 2 is 1.75 bits per heavy atom. The molecule has 1 atom stereocenters. The fourth-order valence-electron chi connectivity index (χ4n) is 8.60. The third-order valence-corrected chi connectivity index (χ3v) is 11.6. The first-order valence-electron chi connectivity index (χ1n) is 19.9. The average Bonchev–Trinajstić information content (AvgIpc) is 3.92. The molecule has 1 aliphatic carbocycles. The van der Waals surface area contributed by atoms with Crippen molar-refractivity contribution in [1.29, 1.82) is 0 Å². The van der Waals surface area contributed by atoms with E-state index in [1.807, 2.05) is 24.4 Å². The molecule has 0 spiro atoms. The second-order valence-electron chi connectivity index (χ2n) is 15.7. The minimum atomic E-state index is -0.890. The highest BCUT2D eigenvalue weighted by Crippen LogP contribution is 2.35. The lowest BCUT2D eigenvalue weighted by Crippen LogP contribution is -2.51. The number of benzene rings is 1. The van der Waals surface area contributed by atoms with Crippen LogP contribution in [0.2, 0.25) is 0 Å². The van der Waals surface area contributed by atoms with Gasteiger partial charge in [-0.15, -0.1) is 0 Å². The fraction of sp³-hybridized carbons (Fsp3) is 0.429. The summed E-state index contributed by atoms with van der Waals surface area (Å²) in [6.45, 7) is 7.90. The lowest BCUT2D eigenvalue weighted by Gasteiger charge is -2.36. The number of hydrogen-bond donors (Lipinski definition) is 2. The molecule has 1 saturated carbocycles. The smallest absolute Gasteiger partial charge is 0.270 e. The number of hydrogen-bond acceptors (Lipinski definition) is 11. The van der Waals surface area contributed by atoms with Crippen molar-refractivity contribution in [2.24, 2.45) is 0 Å². The molecule has 1 unspecified atom stereocenters. The largest absolute Gasteiger partial charge is 0.368 e. The van der Waals surface area contributed by atoms with Crippen LogP contribution in [0.1, 0.15) is 94.2 Å². The third kappa shape index (κ3) is 7.63. The lowest BCUT2D eigenvalue weighted by molar-refractivity contribution is -0.125. The minimum Gasteiger partial charge on any atom is -0.368 e. The van der Waals surface area contributed by atoms with Crippen molar-refractivity contribution in [3.63, 3.8) is 0 Å². The average molecular weight is 773 g/mol. The van der Waals surface area contributed by atoms with Crippen LogP contribution in [-0.4, -0.2) is 116 Å². The first-order chi connectivity index (χ1) is 27.5. The number of rotatable bonds is 12. The van der Waals surface area contributed by atoms with Crippen LogP contribution >= 0.6 is 0 Å². The standard InChI is InChI=1S/C42H48N10O5/c1-26-13-15-33(38(54)45-26)52-39(55)32-12-6-8-27(36(32)41(52)57)22-31(53)11-7-17-49-18-20-50(21-19-49)30-14-16-35(43-25-30)46-42-44-24-28-23-34(40(56)48(2)3)51(37(28)47-42)29-9-4-5-10-29/h6,8,12,14,16,23-25,29,33H,1,4-5,7,9-11,13,15,17-22H2,2-3H3,(H,45,54)(H,43,44,46,47). The number of nitrogens with zero attached hydrogens (tertiary/aromatic N) is 8. The number of amides is 4. The molecular formula is C42H48N10O5. The Kier molecular flexibility index (Phi) is 10.6. The van der Waals surface area contributed by atoms with E-state index >= 15 is 0 Å². The minimum absolute atomic E-state index is 0.00416. The third-order valence-electron chi connectivity index (χ3n) is 11.6. The van der Waals surface area contributed by atoms with Crippen molar-refractivity contribution in [2.75, 3.05) is 57.0 Å². The second kappa shape index (κ2) is 15.9. The van der Waals surface area contributed by atoms with E-state index in [0.29, 0.717) is 54.4 Å². The van der Waals surface area contributed by atoms with E-state index in [9.17, 15) is 24.0 Å². The number of piperazine rings is 1. The molecule has 8 rings (SSSR count). The maximum atomic E-state index is 13.5. The molecule has 2 saturated heterocycles. The van der Waals surface area contributed by atoms with E-state index in [2.05, 4.69) is 41.5 Å². The van der Waals surface area contributed by atoms with E-state index in [0.717, 1.165) is 80.0 Å². The Bertz CT molecular complexity index is 2250. The highest BCUT2D eigenvalue weighted by atomic mass is 16.2. The number of fused-ring (bicyclic) bond motifs is 2. The normalized spacial score (nSPS) is 19.0. The van der Waals surface area contributed by atoms with Crippen LogP contribution in [0, 0.1) is 0 Å². The van der Waals surface area contributed by atoms with Crippen molar-refractivity contribution in [3.05, 3.63) is 83.5 Å². The number of allylic oxidation sites excluding steroid dienone is 1. The van der Waals surface area contributed by atoms with Crippen molar-refractivity contribution in [2.45, 2.75) is 69.9 Å². The number of anilines is 3. The molecule has 15 heteroatoms. The number of ketones is 1. The van der Waals surface area contributed by atoms with Crippen LogP contribution in [0.25, 0.3) is 11.0 Å². The van der Waals surface area contributed by atoms with Gasteiger partial charge in [0.2, 0.25) is 11.9 Å². The summed E-state index contributed by atoms with van der Waals surface area (Å²) in [7, 11) is 3.53. The summed E-state index contributed by atoms with van der Waals surface area (Å²) in [5, 5.41) is 6.74. The van der Waals surface area contributed by atoms with Gasteiger partial charge in [0.25, 0.3) is 17.7 Å². The van der Waals surface area contributed by atoms with E-state index < -0.39 is 23.8 Å². The summed E-state index contributed by atoms with van der Waals surface area (Å²) in [5.41, 5.74) is 3.98. The van der Waals surface area contributed by atoms with Gasteiger partial charge >= 0.3 is 0 Å². The first-order valence-corrected chi connectivity index (χ1v) is 19.9. The Morgan fingerprint density at radius 3 is 2.47 bits per heavy atom. The number of aromatic nitrogens is 4. The molecule has 15 nitrogen and oxygen atoms in total. The van der Waals surface area contributed by atoms with Crippen LogP contribution in [0.4, 0.5) is 17.5 Å². The van der Waals surface area contributed by atoms with E-state index in [-0.39, 0.29) is 35.3 Å². The van der Waals surface area contributed by atoms with Crippen LogP contribution in [0.15, 0.2) is 61.1 Å². The SMILES string of the molecule is C=C1CCC(N2C(=O)c3cccc(CC(=O)CCCN4CCN(c5ccc(Nc6ncc7cc(C(=O)N(C)C)n(C8CCCC8)c7n6)nc5)CC4)c3C2=O)C(=O)N1. The van der Waals surface area contributed by atoms with Crippen molar-refractivity contribution in [3.8, 4) is 0 Å². The number of nitrogens with one attached hydrogen (secondary N) is 2. The van der Waals surface area contributed by atoms with Crippen molar-refractivity contribution in [1.82, 2.24) is 39.5 Å². The van der Waals surface area contributed by atoms with Gasteiger partial charge in [0.05, 0.1) is 23.0 Å². The van der Waals surface area contributed by atoms with Crippen LogP contribution in [-0.2, 0) is 16.0 Å². The van der Waals surface area contributed by atoms with Gasteiger partial charge in [0.1, 0.15) is 29.0 Å². The molecule has 0 bridgehead atoms. The van der Waals surface area contributed by atoms with Gasteiger partial charge in [-0.1, -0.05) is 31.6 Å². The van der Waals surface area contributed by atoms with Gasteiger partial charge in [0, 0.05) is 76.4 Å². The molecule has 3 aliphatic heterocycles. The number of piperidine rings is 1. The summed E-state index contributed by atoms with van der Waals surface area (Å²) in [5.74, 6) is -0.415. The summed E-state index contributed by atoms with van der Waals surface area (Å²) < 4.78 is 2.10. The van der Waals surface area contributed by atoms with Crippen LogP contribution in [0.3, 0.4) is 0 Å². The molecule has 296 valence electrons. The van der Waals surface area contributed by atoms with Gasteiger partial charge in [-0.25, -0.2) is 9.97 Å². The highest BCUT2D eigenvalue weighted by molar-refractivity contribution is 6.23. The van der Waals surface area contributed by atoms with Gasteiger partial charge < -0.3 is 25.0 Å². The Hall–Kier alpha value is -5.96. The van der Waals surface area contributed by atoms with Crippen LogP contribution in [0.5, 0.6) is 0 Å². The molecule has 3 aromatic heterocycles. The number of carbonyl (C=O) groups excluding carboxylic acids is 5. The predicted molar refractivity (Wildman–Crippen MR) is 214 cm³/mol. The quantitative estimate of drug-likeness (QED) is 0.195. The van der Waals surface area contributed by atoms with E-state index in [1.165, 1.54) is 0 Å². The van der Waals surface area contributed by atoms with E-state index in [4.69, 9.17) is 4.98 Å². The molecule has 0 radical (unpaired) electrons. The fourth-order valence-corrected chi connectivity index (χ4v) is 8.60. The molecule has 1 aromatic carbocycles. The molecule has 57 heavy (non-hydrogen) atoms. The van der Waals surface area contributed by atoms with Crippen molar-refractivity contribution >= 4 is 57.9 Å². The van der Waals surface area contributed by atoms with Gasteiger partial charge in [-0.05, 0) is 68.5 Å². The zero-order chi connectivity index (χ0) is 39.8. The highest BCUT2D eigenvalue weighted by Gasteiger charge is 2.45. The molecular weight excluding hydrogens is 725 g/mol. The number of carbonyl (C=O) groups is 5. The number of imide groups is 1. The predicted octanol–water partition coefficient (Wildman–Crippen LogP) is 4.49. The number of Topliss-reactive ketones (excluding diaryl/α,β-unsaturated/α-hetero) is 1. The van der Waals surface area contributed by atoms with Gasteiger partial charge in [-0.3, -0.25) is 33.8 Å². The second-order valence-corrected chi connectivity index (χ2v) is 15.7. The van der Waals surface area contributed by atoms with Crippen molar-refractivity contribution < 1.29 is 24.0 Å². The molecule has 4 amide bonds. The van der Waals surface area contributed by atoms with Crippen LogP contribution < -0.4 is 15.5 Å². The monoisotopic (exact) mass is 772 g/mol.